The number of piperidine rings is 2. The van der Waals surface area contributed by atoms with E-state index in [9.17, 15) is 9.90 Å². The standard InChI is InChI=1S/C23H27NO4/c25-21-11-19-13-22(27-15-17-7-3-1-4-8-17)14-20(12-21)24(19)23(26)28-16-18-9-5-2-6-10-18/h1-10,19-22,25H,11-16H2/t19-,20+,21?,22?. The Kier molecular flexibility index (Phi) is 5.93. The molecule has 2 unspecified atom stereocenters. The van der Waals surface area contributed by atoms with Gasteiger partial charge in [0.2, 0.25) is 0 Å². The van der Waals surface area contributed by atoms with Crippen LogP contribution in [0.25, 0.3) is 0 Å². The quantitative estimate of drug-likeness (QED) is 0.853. The van der Waals surface area contributed by atoms with Crippen molar-refractivity contribution in [3.63, 3.8) is 0 Å². The van der Waals surface area contributed by atoms with Gasteiger partial charge in [0.1, 0.15) is 6.61 Å². The maximum absolute atomic E-state index is 12.8. The summed E-state index contributed by atoms with van der Waals surface area (Å²) in [4.78, 5) is 14.6. The molecule has 0 saturated carbocycles. The molecule has 1 amide bonds. The van der Waals surface area contributed by atoms with Gasteiger partial charge < -0.3 is 19.5 Å². The van der Waals surface area contributed by atoms with Crippen molar-refractivity contribution in [3.8, 4) is 0 Å². The number of hydrogen-bond acceptors (Lipinski definition) is 4. The van der Waals surface area contributed by atoms with Crippen LogP contribution in [0.1, 0.15) is 36.8 Å². The Bertz CT molecular complexity index is 751. The average molecular weight is 381 g/mol. The third-order valence-corrected chi connectivity index (χ3v) is 5.69. The van der Waals surface area contributed by atoms with Crippen molar-refractivity contribution < 1.29 is 19.4 Å². The molecule has 5 nitrogen and oxygen atoms in total. The normalized spacial score (nSPS) is 26.7. The van der Waals surface area contributed by atoms with Crippen LogP contribution in [0.4, 0.5) is 4.79 Å². The van der Waals surface area contributed by atoms with Crippen molar-refractivity contribution in [2.75, 3.05) is 0 Å². The monoisotopic (exact) mass is 381 g/mol. The second-order valence-electron chi connectivity index (χ2n) is 7.77. The molecule has 2 aromatic rings. The lowest BCUT2D eigenvalue weighted by atomic mass is 9.82. The van der Waals surface area contributed by atoms with Crippen molar-refractivity contribution in [3.05, 3.63) is 71.8 Å². The number of carbonyl (C=O) groups is 1. The molecule has 2 saturated heterocycles. The van der Waals surface area contributed by atoms with Gasteiger partial charge in [-0.2, -0.15) is 0 Å². The fraction of sp³-hybridized carbons (Fsp3) is 0.435. The van der Waals surface area contributed by atoms with Gasteiger partial charge in [-0.1, -0.05) is 60.7 Å². The number of benzene rings is 2. The number of nitrogens with zero attached hydrogens (tertiary/aromatic N) is 1. The Morgan fingerprint density at radius 1 is 0.857 bits per heavy atom. The van der Waals surface area contributed by atoms with Crippen LogP contribution in [0.5, 0.6) is 0 Å². The van der Waals surface area contributed by atoms with Crippen LogP contribution in [0.15, 0.2) is 60.7 Å². The molecule has 148 valence electrons. The topological polar surface area (TPSA) is 59.0 Å². The summed E-state index contributed by atoms with van der Waals surface area (Å²) in [5, 5.41) is 10.2. The minimum Gasteiger partial charge on any atom is -0.445 e. The second kappa shape index (κ2) is 8.76. The molecule has 0 spiro atoms. The van der Waals surface area contributed by atoms with E-state index in [0.717, 1.165) is 24.0 Å². The number of hydrogen-bond donors (Lipinski definition) is 1. The summed E-state index contributed by atoms with van der Waals surface area (Å²) in [6.07, 6.45) is 2.10. The van der Waals surface area contributed by atoms with Crippen molar-refractivity contribution in [2.45, 2.75) is 63.2 Å². The number of rotatable bonds is 5. The summed E-state index contributed by atoms with van der Waals surface area (Å²) in [7, 11) is 0. The fourth-order valence-corrected chi connectivity index (χ4v) is 4.39. The third kappa shape index (κ3) is 4.54. The Labute approximate surface area is 165 Å². The highest BCUT2D eigenvalue weighted by atomic mass is 16.6. The van der Waals surface area contributed by atoms with E-state index in [1.165, 1.54) is 0 Å². The maximum Gasteiger partial charge on any atom is 0.410 e. The number of amides is 1. The molecule has 0 radical (unpaired) electrons. The summed E-state index contributed by atoms with van der Waals surface area (Å²) in [6.45, 7) is 0.845. The van der Waals surface area contributed by atoms with Gasteiger partial charge in [0, 0.05) is 12.1 Å². The van der Waals surface area contributed by atoms with Gasteiger partial charge in [-0.3, -0.25) is 0 Å². The van der Waals surface area contributed by atoms with Crippen LogP contribution in [0.3, 0.4) is 0 Å². The molecule has 4 atom stereocenters. The van der Waals surface area contributed by atoms with E-state index in [2.05, 4.69) is 12.1 Å². The van der Waals surface area contributed by atoms with Crippen molar-refractivity contribution in [2.24, 2.45) is 0 Å². The fourth-order valence-electron chi connectivity index (χ4n) is 4.39. The SMILES string of the molecule is O=C(OCc1ccccc1)N1[C@@H]2CC(O)C[C@H]1CC(OCc1ccccc1)C2. The second-order valence-corrected chi connectivity index (χ2v) is 7.77. The average Bonchev–Trinajstić information content (AvgIpc) is 2.71. The van der Waals surface area contributed by atoms with Crippen LogP contribution >= 0.6 is 0 Å². The molecule has 2 bridgehead atoms. The molecule has 0 aromatic heterocycles. The van der Waals surface area contributed by atoms with Crippen LogP contribution < -0.4 is 0 Å². The molecule has 2 aromatic carbocycles. The third-order valence-electron chi connectivity index (χ3n) is 5.69. The van der Waals surface area contributed by atoms with E-state index >= 15 is 0 Å². The van der Waals surface area contributed by atoms with Gasteiger partial charge in [-0.15, -0.1) is 0 Å². The first-order chi connectivity index (χ1) is 13.7. The van der Waals surface area contributed by atoms with E-state index in [-0.39, 0.29) is 37.0 Å². The molecular formula is C23H27NO4. The Hall–Kier alpha value is -2.37. The lowest BCUT2D eigenvalue weighted by molar-refractivity contribution is -0.0850. The Balaban J connectivity index is 1.36. The van der Waals surface area contributed by atoms with Gasteiger partial charge in [0.05, 0.1) is 18.8 Å². The van der Waals surface area contributed by atoms with Crippen molar-refractivity contribution in [1.82, 2.24) is 4.90 Å². The molecule has 2 aliphatic rings. The minimum absolute atomic E-state index is 0.0356. The number of aliphatic hydroxyl groups excluding tert-OH is 1. The zero-order valence-electron chi connectivity index (χ0n) is 15.9. The Morgan fingerprint density at radius 3 is 1.96 bits per heavy atom. The first-order valence-electron chi connectivity index (χ1n) is 10.0. The largest absolute Gasteiger partial charge is 0.445 e. The van der Waals surface area contributed by atoms with Crippen molar-refractivity contribution in [1.29, 1.82) is 0 Å². The van der Waals surface area contributed by atoms with Gasteiger partial charge in [-0.05, 0) is 36.8 Å². The highest BCUT2D eigenvalue weighted by Gasteiger charge is 2.44. The van der Waals surface area contributed by atoms with E-state index < -0.39 is 0 Å². The van der Waals surface area contributed by atoms with E-state index in [4.69, 9.17) is 9.47 Å². The molecular weight excluding hydrogens is 354 g/mol. The predicted molar refractivity (Wildman–Crippen MR) is 106 cm³/mol. The van der Waals surface area contributed by atoms with Crippen LogP contribution in [0.2, 0.25) is 0 Å². The van der Waals surface area contributed by atoms with Gasteiger partial charge >= 0.3 is 6.09 Å². The molecule has 28 heavy (non-hydrogen) atoms. The lowest BCUT2D eigenvalue weighted by Gasteiger charge is -2.49. The molecule has 2 heterocycles. The number of aliphatic hydroxyl groups is 1. The summed E-state index contributed by atoms with van der Waals surface area (Å²) < 4.78 is 11.7. The molecule has 2 fully saturated rings. The van der Waals surface area contributed by atoms with E-state index in [0.29, 0.717) is 19.4 Å². The number of ether oxygens (including phenoxy) is 2. The molecule has 2 aliphatic heterocycles. The number of carbonyl (C=O) groups excluding carboxylic acids is 1. The number of fused-ring (bicyclic) bond motifs is 2. The van der Waals surface area contributed by atoms with E-state index in [1.54, 1.807) is 0 Å². The van der Waals surface area contributed by atoms with Crippen LogP contribution in [-0.2, 0) is 22.7 Å². The molecule has 4 rings (SSSR count). The van der Waals surface area contributed by atoms with Gasteiger partial charge in [0.25, 0.3) is 0 Å². The highest BCUT2D eigenvalue weighted by molar-refractivity contribution is 5.69. The van der Waals surface area contributed by atoms with E-state index in [1.807, 2.05) is 53.4 Å². The molecule has 5 heteroatoms. The van der Waals surface area contributed by atoms with Gasteiger partial charge in [0.15, 0.2) is 0 Å². The smallest absolute Gasteiger partial charge is 0.410 e. The van der Waals surface area contributed by atoms with Crippen LogP contribution in [0, 0.1) is 0 Å². The summed E-state index contributed by atoms with van der Waals surface area (Å²) in [6, 6.07) is 19.8. The molecule has 1 N–H and O–H groups in total. The summed E-state index contributed by atoms with van der Waals surface area (Å²) in [5.41, 5.74) is 2.12. The molecule has 0 aliphatic carbocycles. The first-order valence-corrected chi connectivity index (χ1v) is 10.0. The summed E-state index contributed by atoms with van der Waals surface area (Å²) in [5.74, 6) is 0. The first kappa shape index (κ1) is 19.0. The zero-order valence-corrected chi connectivity index (χ0v) is 15.9. The lowest BCUT2D eigenvalue weighted by Crippen LogP contribution is -2.59. The minimum atomic E-state index is -0.358. The van der Waals surface area contributed by atoms with Crippen molar-refractivity contribution >= 4 is 6.09 Å². The predicted octanol–water partition coefficient (Wildman–Crippen LogP) is 3.90. The summed E-state index contributed by atoms with van der Waals surface area (Å²) >= 11 is 0. The van der Waals surface area contributed by atoms with Crippen LogP contribution in [-0.4, -0.2) is 40.4 Å². The maximum atomic E-state index is 12.8. The van der Waals surface area contributed by atoms with Gasteiger partial charge in [-0.25, -0.2) is 4.79 Å². The zero-order chi connectivity index (χ0) is 19.3. The highest BCUT2D eigenvalue weighted by Crippen LogP contribution is 2.36. The Morgan fingerprint density at radius 2 is 1.39 bits per heavy atom.